The fourth-order valence-corrected chi connectivity index (χ4v) is 5.50. The third-order valence-corrected chi connectivity index (χ3v) is 7.52. The van der Waals surface area contributed by atoms with E-state index in [9.17, 15) is 19.5 Å². The van der Waals surface area contributed by atoms with Crippen LogP contribution in [0.2, 0.25) is 0 Å². The number of nitrogens with zero attached hydrogens (tertiary/aromatic N) is 1. The molecule has 1 aliphatic carbocycles. The predicted molar refractivity (Wildman–Crippen MR) is 132 cm³/mol. The maximum Gasteiger partial charge on any atom is 0.336 e. The standard InChI is InChI=1S/C27H36N2O6/c1-3-6-19-15-25(32)35-26-18(2)22(9-8-21(19)26)34-17-23(30)28-13-10-24(31)29-14-12-27(33)11-5-4-7-20(27)16-29/h8-9,15,20,33H,3-7,10-14,16-17H2,1-2H3,(H,28,30)/t20-,27+/m0/s1. The zero-order valence-corrected chi connectivity index (χ0v) is 20.7. The third kappa shape index (κ3) is 5.69. The largest absolute Gasteiger partial charge is 0.483 e. The molecule has 4 rings (SSSR count). The molecule has 2 amide bonds. The Balaban J connectivity index is 1.26. The van der Waals surface area contributed by atoms with E-state index in [2.05, 4.69) is 12.2 Å². The summed E-state index contributed by atoms with van der Waals surface area (Å²) in [7, 11) is 0. The molecule has 1 aromatic heterocycles. The highest BCUT2D eigenvalue weighted by atomic mass is 16.5. The number of piperidine rings is 1. The van der Waals surface area contributed by atoms with Gasteiger partial charge in [0.15, 0.2) is 6.61 Å². The van der Waals surface area contributed by atoms with E-state index in [4.69, 9.17) is 9.15 Å². The highest BCUT2D eigenvalue weighted by molar-refractivity contribution is 5.85. The van der Waals surface area contributed by atoms with Gasteiger partial charge >= 0.3 is 5.63 Å². The molecule has 0 spiro atoms. The molecule has 1 saturated heterocycles. The maximum absolute atomic E-state index is 12.6. The van der Waals surface area contributed by atoms with Crippen molar-refractivity contribution in [2.24, 2.45) is 5.92 Å². The number of ether oxygens (including phenoxy) is 1. The Hall–Kier alpha value is -2.87. The molecule has 190 valence electrons. The van der Waals surface area contributed by atoms with Crippen LogP contribution in [0.15, 0.2) is 27.4 Å². The zero-order valence-electron chi connectivity index (χ0n) is 20.7. The van der Waals surface area contributed by atoms with Crippen molar-refractivity contribution in [1.82, 2.24) is 10.2 Å². The van der Waals surface area contributed by atoms with Crippen molar-refractivity contribution < 1.29 is 23.8 Å². The van der Waals surface area contributed by atoms with Crippen molar-refractivity contribution in [3.8, 4) is 5.75 Å². The Morgan fingerprint density at radius 1 is 1.29 bits per heavy atom. The second-order valence-electron chi connectivity index (χ2n) is 9.93. The predicted octanol–water partition coefficient (Wildman–Crippen LogP) is 3.09. The van der Waals surface area contributed by atoms with Gasteiger partial charge in [0.1, 0.15) is 11.3 Å². The number of rotatable bonds is 8. The number of fused-ring (bicyclic) bond motifs is 2. The Morgan fingerprint density at radius 2 is 2.11 bits per heavy atom. The van der Waals surface area contributed by atoms with Crippen molar-refractivity contribution in [1.29, 1.82) is 0 Å². The summed E-state index contributed by atoms with van der Waals surface area (Å²) in [5, 5.41) is 14.4. The Morgan fingerprint density at radius 3 is 2.91 bits per heavy atom. The summed E-state index contributed by atoms with van der Waals surface area (Å²) in [6, 6.07) is 5.17. The van der Waals surface area contributed by atoms with Crippen LogP contribution in [0.1, 0.15) is 63.0 Å². The first kappa shape index (κ1) is 25.2. The molecule has 8 heteroatoms. The second-order valence-corrected chi connectivity index (χ2v) is 9.93. The molecule has 2 fully saturated rings. The van der Waals surface area contributed by atoms with Crippen LogP contribution in [0.3, 0.4) is 0 Å². The smallest absolute Gasteiger partial charge is 0.336 e. The van der Waals surface area contributed by atoms with Gasteiger partial charge in [-0.3, -0.25) is 9.59 Å². The summed E-state index contributed by atoms with van der Waals surface area (Å²) in [6.07, 6.45) is 6.51. The number of benzene rings is 1. The quantitative estimate of drug-likeness (QED) is 0.558. The zero-order chi connectivity index (χ0) is 25.0. The topological polar surface area (TPSA) is 109 Å². The van der Waals surface area contributed by atoms with Gasteiger partial charge in [0.25, 0.3) is 5.91 Å². The Bertz CT molecular complexity index is 1140. The van der Waals surface area contributed by atoms with E-state index in [0.29, 0.717) is 36.4 Å². The van der Waals surface area contributed by atoms with Crippen LogP contribution in [0.4, 0.5) is 0 Å². The van der Waals surface area contributed by atoms with Crippen LogP contribution in [0, 0.1) is 12.8 Å². The molecule has 0 unspecified atom stereocenters. The van der Waals surface area contributed by atoms with E-state index in [1.54, 1.807) is 13.0 Å². The van der Waals surface area contributed by atoms with Crippen molar-refractivity contribution in [2.75, 3.05) is 26.2 Å². The summed E-state index contributed by atoms with van der Waals surface area (Å²) in [5.41, 5.74) is 1.09. The lowest BCUT2D eigenvalue weighted by atomic mass is 9.71. The number of aryl methyl sites for hydroxylation is 2. The molecule has 2 heterocycles. The highest BCUT2D eigenvalue weighted by Crippen LogP contribution is 2.39. The van der Waals surface area contributed by atoms with Crippen molar-refractivity contribution >= 4 is 22.8 Å². The molecule has 8 nitrogen and oxygen atoms in total. The fourth-order valence-electron chi connectivity index (χ4n) is 5.50. The van der Waals surface area contributed by atoms with Gasteiger partial charge in [0.2, 0.25) is 5.91 Å². The van der Waals surface area contributed by atoms with Crippen LogP contribution in [-0.2, 0) is 16.0 Å². The number of amides is 2. The minimum Gasteiger partial charge on any atom is -0.483 e. The Labute approximate surface area is 205 Å². The van der Waals surface area contributed by atoms with Crippen molar-refractivity contribution in [3.05, 3.63) is 39.7 Å². The first-order valence-corrected chi connectivity index (χ1v) is 12.8. The highest BCUT2D eigenvalue weighted by Gasteiger charge is 2.43. The summed E-state index contributed by atoms with van der Waals surface area (Å²) in [4.78, 5) is 38.7. The average Bonchev–Trinajstić information content (AvgIpc) is 2.83. The van der Waals surface area contributed by atoms with Crippen LogP contribution < -0.4 is 15.7 Å². The summed E-state index contributed by atoms with van der Waals surface area (Å²) in [5.74, 6) is 0.319. The van der Waals surface area contributed by atoms with Crippen molar-refractivity contribution in [3.63, 3.8) is 0 Å². The molecule has 2 aromatic rings. The normalized spacial score (nSPS) is 22.0. The monoisotopic (exact) mass is 484 g/mol. The Kier molecular flexibility index (Phi) is 7.79. The van der Waals surface area contributed by atoms with Gasteiger partial charge in [-0.2, -0.15) is 0 Å². The molecule has 2 aliphatic rings. The van der Waals surface area contributed by atoms with E-state index in [1.165, 1.54) is 6.07 Å². The van der Waals surface area contributed by atoms with Crippen molar-refractivity contribution in [2.45, 2.75) is 70.8 Å². The summed E-state index contributed by atoms with van der Waals surface area (Å²) >= 11 is 0. The van der Waals surface area contributed by atoms with Crippen LogP contribution in [0.25, 0.3) is 11.0 Å². The van der Waals surface area contributed by atoms with E-state index in [-0.39, 0.29) is 37.3 Å². The van der Waals surface area contributed by atoms with Gasteiger partial charge < -0.3 is 24.5 Å². The number of likely N-dealkylation sites (tertiary alicyclic amines) is 1. The van der Waals surface area contributed by atoms with E-state index < -0.39 is 11.2 Å². The molecule has 0 bridgehead atoms. The minimum atomic E-state index is -0.610. The molecular formula is C27H36N2O6. The number of aliphatic hydroxyl groups is 1. The minimum absolute atomic E-state index is 0.00197. The number of hydrogen-bond donors (Lipinski definition) is 2. The SMILES string of the molecule is CCCc1cc(=O)oc2c(C)c(OCC(=O)NCCC(=O)N3CC[C@]4(O)CCCC[C@H]4C3)ccc12. The van der Waals surface area contributed by atoms with E-state index >= 15 is 0 Å². The van der Waals surface area contributed by atoms with E-state index in [0.717, 1.165) is 49.5 Å². The number of carbonyl (C=O) groups is 2. The summed E-state index contributed by atoms with van der Waals surface area (Å²) < 4.78 is 11.1. The number of carbonyl (C=O) groups excluding carboxylic acids is 2. The van der Waals surface area contributed by atoms with Gasteiger partial charge in [-0.25, -0.2) is 4.79 Å². The summed E-state index contributed by atoms with van der Waals surface area (Å²) in [6.45, 7) is 5.07. The molecule has 1 aromatic carbocycles. The van der Waals surface area contributed by atoms with Crippen LogP contribution in [-0.4, -0.2) is 53.7 Å². The van der Waals surface area contributed by atoms with Gasteiger partial charge in [-0.05, 0) is 50.3 Å². The lowest BCUT2D eigenvalue weighted by Gasteiger charge is -2.47. The molecule has 1 saturated carbocycles. The number of nitrogens with one attached hydrogen (secondary N) is 1. The van der Waals surface area contributed by atoms with Crippen LogP contribution >= 0.6 is 0 Å². The molecule has 35 heavy (non-hydrogen) atoms. The van der Waals surface area contributed by atoms with Gasteiger partial charge in [0.05, 0.1) is 5.60 Å². The molecule has 0 radical (unpaired) electrons. The fraction of sp³-hybridized carbons (Fsp3) is 0.593. The lowest BCUT2D eigenvalue weighted by Crippen LogP contribution is -2.54. The van der Waals surface area contributed by atoms with Crippen LogP contribution in [0.5, 0.6) is 5.75 Å². The third-order valence-electron chi connectivity index (χ3n) is 7.52. The maximum atomic E-state index is 12.6. The molecule has 2 atom stereocenters. The second kappa shape index (κ2) is 10.8. The molecule has 1 aliphatic heterocycles. The van der Waals surface area contributed by atoms with E-state index in [1.807, 2.05) is 11.0 Å². The molecular weight excluding hydrogens is 448 g/mol. The first-order valence-electron chi connectivity index (χ1n) is 12.8. The van der Waals surface area contributed by atoms with Gasteiger partial charge in [0, 0.05) is 49.0 Å². The van der Waals surface area contributed by atoms with Gasteiger partial charge in [-0.15, -0.1) is 0 Å². The lowest BCUT2D eigenvalue weighted by molar-refractivity contribution is -0.143. The number of hydrogen-bond acceptors (Lipinski definition) is 6. The first-order chi connectivity index (χ1) is 16.8. The van der Waals surface area contributed by atoms with Gasteiger partial charge in [-0.1, -0.05) is 26.2 Å². The molecule has 2 N–H and O–H groups in total. The average molecular weight is 485 g/mol.